The largest absolute Gasteiger partial charge is 0.376 e. The Bertz CT molecular complexity index is 255. The van der Waals surface area contributed by atoms with E-state index in [1.54, 1.807) is 0 Å². The maximum atomic E-state index is 6.05. The second kappa shape index (κ2) is 7.93. The molecule has 2 atom stereocenters. The number of nitrogens with two attached hydrogens (primary N) is 1. The van der Waals surface area contributed by atoms with E-state index in [2.05, 4.69) is 18.8 Å². The number of nitrogens with one attached hydrogen (secondary N) is 1. The fourth-order valence-electron chi connectivity index (χ4n) is 3.10. The first kappa shape index (κ1) is 15.7. The summed E-state index contributed by atoms with van der Waals surface area (Å²) in [4.78, 5) is 0. The highest BCUT2D eigenvalue weighted by molar-refractivity contribution is 4.97. The van der Waals surface area contributed by atoms with Crippen LogP contribution in [-0.4, -0.2) is 31.8 Å². The van der Waals surface area contributed by atoms with Gasteiger partial charge in [0.05, 0.1) is 13.2 Å². The number of ether oxygens (including phenoxy) is 1. The first-order valence-electron chi connectivity index (χ1n) is 7.32. The molecule has 3 nitrogen and oxygen atoms in total. The molecular weight excluding hydrogens is 224 g/mol. The number of hydrogen-bond donors (Lipinski definition) is 2. The zero-order chi connectivity index (χ0) is 13.4. The lowest BCUT2D eigenvalue weighted by atomic mass is 9.71. The molecule has 0 aromatic heterocycles. The van der Waals surface area contributed by atoms with Crippen LogP contribution in [0.4, 0.5) is 0 Å². The highest BCUT2D eigenvalue weighted by Gasteiger charge is 2.37. The predicted octanol–water partition coefficient (Wildman–Crippen LogP) is 2.47. The first-order valence-corrected chi connectivity index (χ1v) is 7.32. The Kier molecular flexibility index (Phi) is 6.90. The van der Waals surface area contributed by atoms with E-state index in [4.69, 9.17) is 10.5 Å². The van der Waals surface area contributed by atoms with Crippen molar-refractivity contribution in [2.75, 3.05) is 26.3 Å². The van der Waals surface area contributed by atoms with E-state index >= 15 is 0 Å². The second-order valence-electron chi connectivity index (χ2n) is 5.65. The van der Waals surface area contributed by atoms with Gasteiger partial charge in [-0.15, -0.1) is 0 Å². The molecular formula is C15H30N2O. The summed E-state index contributed by atoms with van der Waals surface area (Å²) < 4.78 is 5.54. The van der Waals surface area contributed by atoms with Gasteiger partial charge in [0.25, 0.3) is 0 Å². The fourth-order valence-corrected chi connectivity index (χ4v) is 3.10. The third kappa shape index (κ3) is 4.38. The molecule has 0 heterocycles. The minimum Gasteiger partial charge on any atom is -0.376 e. The van der Waals surface area contributed by atoms with Crippen molar-refractivity contribution in [1.29, 1.82) is 0 Å². The van der Waals surface area contributed by atoms with Crippen LogP contribution in [0, 0.1) is 5.92 Å². The van der Waals surface area contributed by atoms with Gasteiger partial charge in [-0.05, 0) is 25.7 Å². The third-order valence-electron chi connectivity index (χ3n) is 4.14. The molecule has 2 unspecified atom stereocenters. The summed E-state index contributed by atoms with van der Waals surface area (Å²) in [6.07, 6.45) is 6.40. The van der Waals surface area contributed by atoms with Gasteiger partial charge in [-0.1, -0.05) is 38.3 Å². The Labute approximate surface area is 112 Å². The van der Waals surface area contributed by atoms with Crippen LogP contribution >= 0.6 is 0 Å². The van der Waals surface area contributed by atoms with Gasteiger partial charge in [-0.25, -0.2) is 0 Å². The van der Waals surface area contributed by atoms with Crippen LogP contribution in [0.5, 0.6) is 0 Å². The smallest absolute Gasteiger partial charge is 0.0672 e. The maximum absolute atomic E-state index is 6.05. The van der Waals surface area contributed by atoms with Crippen LogP contribution in [0.15, 0.2) is 12.2 Å². The first-order chi connectivity index (χ1) is 8.64. The summed E-state index contributed by atoms with van der Waals surface area (Å²) >= 11 is 0. The number of rotatable bonds is 8. The summed E-state index contributed by atoms with van der Waals surface area (Å²) in [5.41, 5.74) is 7.28. The molecule has 0 spiro atoms. The van der Waals surface area contributed by atoms with Crippen molar-refractivity contribution >= 4 is 0 Å². The topological polar surface area (TPSA) is 47.3 Å². The maximum Gasteiger partial charge on any atom is 0.0672 e. The molecule has 1 aliphatic rings. The van der Waals surface area contributed by atoms with Gasteiger partial charge in [0.2, 0.25) is 0 Å². The van der Waals surface area contributed by atoms with Gasteiger partial charge in [0.15, 0.2) is 0 Å². The van der Waals surface area contributed by atoms with Crippen molar-refractivity contribution in [2.45, 2.75) is 51.5 Å². The van der Waals surface area contributed by atoms with Crippen molar-refractivity contribution in [3.05, 3.63) is 12.2 Å². The van der Waals surface area contributed by atoms with Crippen LogP contribution in [-0.2, 0) is 4.74 Å². The molecule has 3 heteroatoms. The lowest BCUT2D eigenvalue weighted by molar-refractivity contribution is 0.111. The average molecular weight is 254 g/mol. The van der Waals surface area contributed by atoms with Gasteiger partial charge in [0, 0.05) is 18.6 Å². The van der Waals surface area contributed by atoms with E-state index < -0.39 is 0 Å². The summed E-state index contributed by atoms with van der Waals surface area (Å²) in [6.45, 7) is 11.1. The molecule has 0 bridgehead atoms. The van der Waals surface area contributed by atoms with E-state index in [1.165, 1.54) is 32.1 Å². The molecule has 1 fully saturated rings. The van der Waals surface area contributed by atoms with E-state index in [1.807, 2.05) is 6.92 Å². The highest BCUT2D eigenvalue weighted by Crippen LogP contribution is 2.35. The van der Waals surface area contributed by atoms with Crippen LogP contribution in [0.2, 0.25) is 0 Å². The summed E-state index contributed by atoms with van der Waals surface area (Å²) in [6, 6.07) is 0. The Morgan fingerprint density at radius 3 is 2.89 bits per heavy atom. The molecule has 18 heavy (non-hydrogen) atoms. The monoisotopic (exact) mass is 254 g/mol. The summed E-state index contributed by atoms with van der Waals surface area (Å²) in [7, 11) is 0. The quantitative estimate of drug-likeness (QED) is 0.517. The van der Waals surface area contributed by atoms with Gasteiger partial charge in [-0.2, -0.15) is 0 Å². The SMILES string of the molecule is C=C(C)COCCNC1(CN)CCCCC1CC. The lowest BCUT2D eigenvalue weighted by Crippen LogP contribution is -2.58. The number of hydrogen-bond acceptors (Lipinski definition) is 3. The minimum atomic E-state index is 0.152. The zero-order valence-electron chi connectivity index (χ0n) is 12.1. The highest BCUT2D eigenvalue weighted by atomic mass is 16.5. The molecule has 1 saturated carbocycles. The fraction of sp³-hybridized carbons (Fsp3) is 0.867. The van der Waals surface area contributed by atoms with Crippen LogP contribution in [0.25, 0.3) is 0 Å². The molecule has 1 aliphatic carbocycles. The summed E-state index contributed by atoms with van der Waals surface area (Å²) in [5.74, 6) is 0.720. The molecule has 1 rings (SSSR count). The van der Waals surface area contributed by atoms with Crippen molar-refractivity contribution in [2.24, 2.45) is 11.7 Å². The van der Waals surface area contributed by atoms with Crippen molar-refractivity contribution < 1.29 is 4.74 Å². The van der Waals surface area contributed by atoms with Gasteiger partial charge >= 0.3 is 0 Å². The molecule has 0 amide bonds. The molecule has 0 aromatic rings. The second-order valence-corrected chi connectivity index (χ2v) is 5.65. The van der Waals surface area contributed by atoms with Gasteiger partial charge in [0.1, 0.15) is 0 Å². The normalized spacial score (nSPS) is 28.3. The zero-order valence-corrected chi connectivity index (χ0v) is 12.1. The molecule has 0 saturated heterocycles. The van der Waals surface area contributed by atoms with Crippen molar-refractivity contribution in [3.8, 4) is 0 Å². The van der Waals surface area contributed by atoms with Gasteiger partial charge < -0.3 is 15.8 Å². The van der Waals surface area contributed by atoms with Crippen molar-refractivity contribution in [1.82, 2.24) is 5.32 Å². The Morgan fingerprint density at radius 2 is 2.28 bits per heavy atom. The van der Waals surface area contributed by atoms with Crippen LogP contribution < -0.4 is 11.1 Å². The Balaban J connectivity index is 2.36. The standard InChI is InChI=1S/C15H30N2O/c1-4-14-7-5-6-8-15(14,12-16)17-9-10-18-11-13(2)3/h14,17H,2,4-12,16H2,1,3H3. The predicted molar refractivity (Wildman–Crippen MR) is 77.7 cm³/mol. The van der Waals surface area contributed by atoms with Crippen LogP contribution in [0.1, 0.15) is 46.0 Å². The molecule has 0 aliphatic heterocycles. The molecule has 106 valence electrons. The molecule has 0 radical (unpaired) electrons. The Hall–Kier alpha value is -0.380. The minimum absolute atomic E-state index is 0.152. The van der Waals surface area contributed by atoms with E-state index in [9.17, 15) is 0 Å². The molecule has 3 N–H and O–H groups in total. The summed E-state index contributed by atoms with van der Waals surface area (Å²) in [5, 5.41) is 3.68. The molecule has 0 aromatic carbocycles. The van der Waals surface area contributed by atoms with E-state index in [-0.39, 0.29) is 5.54 Å². The Morgan fingerprint density at radius 1 is 1.50 bits per heavy atom. The van der Waals surface area contributed by atoms with E-state index in [0.29, 0.717) is 6.61 Å². The van der Waals surface area contributed by atoms with Gasteiger partial charge in [-0.3, -0.25) is 0 Å². The van der Waals surface area contributed by atoms with Crippen LogP contribution in [0.3, 0.4) is 0 Å². The van der Waals surface area contributed by atoms with Crippen molar-refractivity contribution in [3.63, 3.8) is 0 Å². The average Bonchev–Trinajstić information content (AvgIpc) is 2.38. The third-order valence-corrected chi connectivity index (χ3v) is 4.14. The lowest BCUT2D eigenvalue weighted by Gasteiger charge is -2.44. The van der Waals surface area contributed by atoms with E-state index in [0.717, 1.165) is 31.2 Å².